The number of methoxy groups -OCH3 is 1. The number of halogens is 2. The lowest BCUT2D eigenvalue weighted by Crippen LogP contribution is -2.03. The lowest BCUT2D eigenvalue weighted by atomic mass is 10.1. The molecule has 0 atom stereocenters. The summed E-state index contributed by atoms with van der Waals surface area (Å²) >= 11 is 1.64. The summed E-state index contributed by atoms with van der Waals surface area (Å²) in [5, 5.41) is 5.49. The van der Waals surface area contributed by atoms with Crippen molar-refractivity contribution in [1.29, 1.82) is 0 Å². The van der Waals surface area contributed by atoms with E-state index in [4.69, 9.17) is 4.74 Å². The highest BCUT2D eigenvalue weighted by molar-refractivity contribution is 7.18. The number of nitrogens with zero attached hydrogens (tertiary/aromatic N) is 4. The van der Waals surface area contributed by atoms with Gasteiger partial charge in [0, 0.05) is 10.4 Å². The molecular weight excluding hydrogens is 374 g/mol. The van der Waals surface area contributed by atoms with E-state index in [1.165, 1.54) is 23.6 Å². The predicted molar refractivity (Wildman–Crippen MR) is 98.9 cm³/mol. The van der Waals surface area contributed by atoms with Crippen molar-refractivity contribution in [2.75, 3.05) is 7.11 Å². The molecule has 3 aromatic heterocycles. The number of thiophene rings is 1. The summed E-state index contributed by atoms with van der Waals surface area (Å²) in [7, 11) is 1.39. The molecule has 27 heavy (non-hydrogen) atoms. The van der Waals surface area contributed by atoms with Crippen LogP contribution in [0.1, 0.15) is 17.4 Å². The number of hydrogen-bond donors (Lipinski definition) is 0. The van der Waals surface area contributed by atoms with Gasteiger partial charge in [0.2, 0.25) is 0 Å². The van der Waals surface area contributed by atoms with Crippen molar-refractivity contribution < 1.29 is 18.3 Å². The normalized spacial score (nSPS) is 11.6. The Morgan fingerprint density at radius 1 is 1.26 bits per heavy atom. The van der Waals surface area contributed by atoms with Crippen LogP contribution in [0.3, 0.4) is 0 Å². The number of aryl methyl sites for hydroxylation is 2. The molecule has 0 fully saturated rings. The van der Waals surface area contributed by atoms with Gasteiger partial charge in [-0.1, -0.05) is 6.92 Å². The zero-order valence-electron chi connectivity index (χ0n) is 14.9. The molecule has 0 aliphatic rings. The summed E-state index contributed by atoms with van der Waals surface area (Å²) in [6.07, 6.45) is 2.51. The van der Waals surface area contributed by atoms with Gasteiger partial charge in [-0.05, 0) is 37.1 Å². The molecule has 0 aliphatic carbocycles. The zero-order chi connectivity index (χ0) is 19.1. The molecule has 0 bridgehead atoms. The number of ether oxygens (including phenoxy) is 2. The molecule has 4 rings (SSSR count). The number of benzene rings is 1. The lowest BCUT2D eigenvalue weighted by Gasteiger charge is -2.10. The predicted octanol–water partition coefficient (Wildman–Crippen LogP) is 4.49. The van der Waals surface area contributed by atoms with Crippen molar-refractivity contribution in [3.05, 3.63) is 35.0 Å². The summed E-state index contributed by atoms with van der Waals surface area (Å²) in [5.74, 6) is 0.610. The molecule has 0 N–H and O–H groups in total. The minimum absolute atomic E-state index is 0.0363. The first-order valence-electron chi connectivity index (χ1n) is 8.28. The first-order valence-corrected chi connectivity index (χ1v) is 9.10. The fourth-order valence-electron chi connectivity index (χ4n) is 3.11. The maximum atomic E-state index is 12.5. The van der Waals surface area contributed by atoms with Crippen LogP contribution < -0.4 is 9.47 Å². The molecule has 4 aromatic rings. The van der Waals surface area contributed by atoms with E-state index in [1.807, 2.05) is 0 Å². The molecule has 0 spiro atoms. The fraction of sp³-hybridized carbons (Fsp3) is 0.278. The highest BCUT2D eigenvalue weighted by atomic mass is 32.1. The van der Waals surface area contributed by atoms with E-state index in [0.717, 1.165) is 22.3 Å². The van der Waals surface area contributed by atoms with Crippen LogP contribution in [0.15, 0.2) is 24.5 Å². The zero-order valence-corrected chi connectivity index (χ0v) is 15.7. The summed E-state index contributed by atoms with van der Waals surface area (Å²) < 4.78 is 36.3. The molecule has 0 saturated heterocycles. The van der Waals surface area contributed by atoms with Crippen LogP contribution in [0.25, 0.3) is 27.3 Å². The van der Waals surface area contributed by atoms with Crippen molar-refractivity contribution in [2.45, 2.75) is 26.9 Å². The van der Waals surface area contributed by atoms with Crippen molar-refractivity contribution in [3.8, 4) is 22.9 Å². The standard InChI is InChI=1S/C18H16F2N4O2S/c1-4-11-9(2)27-17-14(11)16-22-15(23-24(16)8-21-17)10-5-6-12(26-18(19)20)13(7-10)25-3/h5-8,18H,4H2,1-3H3. The van der Waals surface area contributed by atoms with Gasteiger partial charge in [0.05, 0.1) is 12.5 Å². The largest absolute Gasteiger partial charge is 0.493 e. The van der Waals surface area contributed by atoms with Crippen molar-refractivity contribution in [3.63, 3.8) is 0 Å². The van der Waals surface area contributed by atoms with Gasteiger partial charge in [0.15, 0.2) is 23.0 Å². The number of alkyl halides is 2. The molecule has 140 valence electrons. The summed E-state index contributed by atoms with van der Waals surface area (Å²) in [6, 6.07) is 4.63. The Bertz CT molecular complexity index is 1140. The lowest BCUT2D eigenvalue weighted by molar-refractivity contribution is -0.0512. The molecular formula is C18H16F2N4O2S. The van der Waals surface area contributed by atoms with Gasteiger partial charge < -0.3 is 9.47 Å². The van der Waals surface area contributed by atoms with Crippen LogP contribution in [0, 0.1) is 6.92 Å². The Balaban J connectivity index is 1.86. The third-order valence-corrected chi connectivity index (χ3v) is 5.38. The highest BCUT2D eigenvalue weighted by Crippen LogP contribution is 2.35. The van der Waals surface area contributed by atoms with Gasteiger partial charge >= 0.3 is 6.61 Å². The maximum Gasteiger partial charge on any atom is 0.387 e. The van der Waals surface area contributed by atoms with Crippen LogP contribution in [-0.2, 0) is 6.42 Å². The smallest absolute Gasteiger partial charge is 0.387 e. The number of hydrogen-bond acceptors (Lipinski definition) is 6. The minimum Gasteiger partial charge on any atom is -0.493 e. The monoisotopic (exact) mass is 390 g/mol. The average Bonchev–Trinajstić information content (AvgIpc) is 3.21. The van der Waals surface area contributed by atoms with E-state index in [0.29, 0.717) is 11.4 Å². The third kappa shape index (κ3) is 2.97. The quantitative estimate of drug-likeness (QED) is 0.503. The maximum absolute atomic E-state index is 12.5. The van der Waals surface area contributed by atoms with Crippen molar-refractivity contribution in [2.24, 2.45) is 0 Å². The fourth-order valence-corrected chi connectivity index (χ4v) is 4.19. The van der Waals surface area contributed by atoms with E-state index in [-0.39, 0.29) is 11.5 Å². The van der Waals surface area contributed by atoms with Gasteiger partial charge in [-0.15, -0.1) is 16.4 Å². The summed E-state index contributed by atoms with van der Waals surface area (Å²) in [4.78, 5) is 11.3. The van der Waals surface area contributed by atoms with E-state index < -0.39 is 6.61 Å². The van der Waals surface area contributed by atoms with Gasteiger partial charge in [-0.3, -0.25) is 0 Å². The average molecular weight is 390 g/mol. The van der Waals surface area contributed by atoms with E-state index in [9.17, 15) is 8.78 Å². The Morgan fingerprint density at radius 2 is 2.07 bits per heavy atom. The Labute approximate surface area is 157 Å². The molecule has 0 unspecified atom stereocenters. The van der Waals surface area contributed by atoms with Crippen LogP contribution in [-0.4, -0.2) is 33.3 Å². The van der Waals surface area contributed by atoms with Crippen LogP contribution >= 0.6 is 11.3 Å². The van der Waals surface area contributed by atoms with E-state index in [1.54, 1.807) is 34.3 Å². The van der Waals surface area contributed by atoms with Gasteiger partial charge in [0.1, 0.15) is 11.2 Å². The molecule has 6 nitrogen and oxygen atoms in total. The summed E-state index contributed by atoms with van der Waals surface area (Å²) in [6.45, 7) is 1.25. The molecule has 9 heteroatoms. The second-order valence-electron chi connectivity index (χ2n) is 5.86. The molecule has 0 saturated carbocycles. The second kappa shape index (κ2) is 6.73. The third-order valence-electron chi connectivity index (χ3n) is 4.32. The SMILES string of the molecule is CCc1c(C)sc2ncn3nc(-c4ccc(OC(F)F)c(OC)c4)nc3c12. The van der Waals surface area contributed by atoms with E-state index >= 15 is 0 Å². The number of rotatable bonds is 5. The van der Waals surface area contributed by atoms with Crippen molar-refractivity contribution >= 4 is 27.2 Å². The highest BCUT2D eigenvalue weighted by Gasteiger charge is 2.18. The molecule has 1 aromatic carbocycles. The van der Waals surface area contributed by atoms with Gasteiger partial charge in [0.25, 0.3) is 0 Å². The van der Waals surface area contributed by atoms with Crippen LogP contribution in [0.2, 0.25) is 0 Å². The van der Waals surface area contributed by atoms with Crippen LogP contribution in [0.4, 0.5) is 8.78 Å². The number of aromatic nitrogens is 4. The Morgan fingerprint density at radius 3 is 2.78 bits per heavy atom. The first-order chi connectivity index (χ1) is 13.0. The Kier molecular flexibility index (Phi) is 4.39. The second-order valence-corrected chi connectivity index (χ2v) is 7.07. The number of fused-ring (bicyclic) bond motifs is 3. The molecule has 0 aliphatic heterocycles. The van der Waals surface area contributed by atoms with Crippen molar-refractivity contribution in [1.82, 2.24) is 19.6 Å². The van der Waals surface area contributed by atoms with Crippen LogP contribution in [0.5, 0.6) is 11.5 Å². The van der Waals surface area contributed by atoms with Gasteiger partial charge in [-0.25, -0.2) is 14.5 Å². The van der Waals surface area contributed by atoms with Gasteiger partial charge in [-0.2, -0.15) is 8.78 Å². The molecule has 0 radical (unpaired) electrons. The van der Waals surface area contributed by atoms with E-state index in [2.05, 4.69) is 33.7 Å². The molecule has 0 amide bonds. The first kappa shape index (κ1) is 17.6. The minimum atomic E-state index is -2.92. The topological polar surface area (TPSA) is 61.5 Å². The summed E-state index contributed by atoms with van der Waals surface area (Å²) in [5.41, 5.74) is 2.57. The molecule has 3 heterocycles. The Hall–Kier alpha value is -2.81.